The normalized spacial score (nSPS) is 20.2. The number of para-hydroxylation sites is 1. The number of ketones is 1. The molecular formula is C26H34O6. The third-order valence-corrected chi connectivity index (χ3v) is 5.67. The van der Waals surface area contributed by atoms with Crippen LogP contribution in [0.1, 0.15) is 81.8 Å². The number of fused-ring (bicyclic) bond motifs is 1. The van der Waals surface area contributed by atoms with E-state index < -0.39 is 5.79 Å². The summed E-state index contributed by atoms with van der Waals surface area (Å²) in [7, 11) is 1.39. The molecule has 0 bridgehead atoms. The van der Waals surface area contributed by atoms with Crippen LogP contribution in [0.15, 0.2) is 34.8 Å². The lowest BCUT2D eigenvalue weighted by Crippen LogP contribution is -2.21. The molecular weight excluding hydrogens is 408 g/mol. The number of benzene rings is 1. The molecule has 2 unspecified atom stereocenters. The topological polar surface area (TPSA) is 75.0 Å². The summed E-state index contributed by atoms with van der Waals surface area (Å²) in [6, 6.07) is 7.68. The Morgan fingerprint density at radius 3 is 2.62 bits per heavy atom. The van der Waals surface area contributed by atoms with E-state index in [0.717, 1.165) is 30.2 Å². The number of ether oxygens (including phenoxy) is 3. The lowest BCUT2D eigenvalue weighted by Gasteiger charge is -2.16. The van der Waals surface area contributed by atoms with Crippen molar-refractivity contribution in [2.45, 2.75) is 83.7 Å². The molecule has 2 atom stereocenters. The van der Waals surface area contributed by atoms with Gasteiger partial charge in [0, 0.05) is 23.8 Å². The van der Waals surface area contributed by atoms with Crippen LogP contribution in [0, 0.1) is 0 Å². The van der Waals surface area contributed by atoms with Gasteiger partial charge in [-0.25, -0.2) is 0 Å². The van der Waals surface area contributed by atoms with E-state index >= 15 is 0 Å². The number of hydrogen-bond acceptors (Lipinski definition) is 6. The molecule has 6 heteroatoms. The second-order valence-corrected chi connectivity index (χ2v) is 8.69. The highest BCUT2D eigenvalue weighted by Crippen LogP contribution is 2.34. The molecule has 2 aromatic rings. The Morgan fingerprint density at radius 1 is 1.09 bits per heavy atom. The highest BCUT2D eigenvalue weighted by molar-refractivity contribution is 6.03. The van der Waals surface area contributed by atoms with Gasteiger partial charge in [0.25, 0.3) is 0 Å². The van der Waals surface area contributed by atoms with Crippen LogP contribution in [-0.2, 0) is 19.0 Å². The van der Waals surface area contributed by atoms with Crippen LogP contribution in [0.3, 0.4) is 0 Å². The fourth-order valence-electron chi connectivity index (χ4n) is 4.08. The van der Waals surface area contributed by atoms with Crippen molar-refractivity contribution in [3.05, 3.63) is 41.7 Å². The van der Waals surface area contributed by atoms with Crippen molar-refractivity contribution < 1.29 is 28.2 Å². The zero-order valence-corrected chi connectivity index (χ0v) is 19.5. The number of esters is 1. The number of furan rings is 1. The van der Waals surface area contributed by atoms with Crippen LogP contribution < -0.4 is 0 Å². The molecule has 1 fully saturated rings. The smallest absolute Gasteiger partial charge is 0.305 e. The van der Waals surface area contributed by atoms with E-state index in [4.69, 9.17) is 18.6 Å². The number of hydrogen-bond donors (Lipinski definition) is 0. The summed E-state index contributed by atoms with van der Waals surface area (Å²) in [5.41, 5.74) is 1.48. The first-order valence-electron chi connectivity index (χ1n) is 11.5. The third kappa shape index (κ3) is 6.08. The summed E-state index contributed by atoms with van der Waals surface area (Å²) in [4.78, 5) is 24.3. The molecule has 32 heavy (non-hydrogen) atoms. The molecule has 0 aliphatic carbocycles. The number of carbonyl (C=O) groups excluding carboxylic acids is 2. The van der Waals surface area contributed by atoms with Gasteiger partial charge in [-0.1, -0.05) is 50.1 Å². The van der Waals surface area contributed by atoms with E-state index in [2.05, 4.69) is 6.92 Å². The first-order valence-corrected chi connectivity index (χ1v) is 11.5. The average molecular weight is 443 g/mol. The highest BCUT2D eigenvalue weighted by atomic mass is 16.7. The summed E-state index contributed by atoms with van der Waals surface area (Å²) in [5, 5.41) is 0.906. The van der Waals surface area contributed by atoms with Crippen molar-refractivity contribution in [3.63, 3.8) is 0 Å². The Labute approximate surface area is 189 Å². The molecule has 1 saturated heterocycles. The Bertz CT molecular complexity index is 954. The summed E-state index contributed by atoms with van der Waals surface area (Å²) in [5.74, 6) is -0.527. The molecule has 1 aromatic carbocycles. The van der Waals surface area contributed by atoms with Gasteiger partial charge in [-0.2, -0.15) is 0 Å². The van der Waals surface area contributed by atoms with E-state index in [1.54, 1.807) is 0 Å². The maximum atomic E-state index is 12.9. The van der Waals surface area contributed by atoms with E-state index in [-0.39, 0.29) is 24.0 Å². The number of carbonyl (C=O) groups is 2. The van der Waals surface area contributed by atoms with Crippen molar-refractivity contribution in [2.24, 2.45) is 0 Å². The van der Waals surface area contributed by atoms with Crippen LogP contribution in [0.5, 0.6) is 0 Å². The second kappa shape index (κ2) is 10.9. The van der Waals surface area contributed by atoms with Crippen LogP contribution in [0.4, 0.5) is 0 Å². The van der Waals surface area contributed by atoms with Gasteiger partial charge in [-0.15, -0.1) is 0 Å². The van der Waals surface area contributed by atoms with Crippen molar-refractivity contribution in [1.29, 1.82) is 0 Å². The monoisotopic (exact) mass is 442 g/mol. The number of rotatable bonds is 11. The quantitative estimate of drug-likeness (QED) is 0.239. The van der Waals surface area contributed by atoms with Gasteiger partial charge in [0.15, 0.2) is 17.3 Å². The second-order valence-electron chi connectivity index (χ2n) is 8.69. The lowest BCUT2D eigenvalue weighted by atomic mass is 10.0. The van der Waals surface area contributed by atoms with Crippen molar-refractivity contribution in [2.75, 3.05) is 7.11 Å². The SMILES string of the molecule is CCCCCC(=O)c1oc2ccccc2c1/C=C/C1OC(C)(C)OC1CCCC(=O)OC. The van der Waals surface area contributed by atoms with E-state index in [9.17, 15) is 9.59 Å². The Hall–Kier alpha value is -2.44. The predicted molar refractivity (Wildman–Crippen MR) is 123 cm³/mol. The molecule has 1 aromatic heterocycles. The van der Waals surface area contributed by atoms with Gasteiger partial charge in [0.05, 0.1) is 13.2 Å². The zero-order chi connectivity index (χ0) is 23.1. The molecule has 0 amide bonds. The van der Waals surface area contributed by atoms with Gasteiger partial charge in [0.2, 0.25) is 0 Å². The molecule has 0 N–H and O–H groups in total. The number of Topliss-reactive ketones (excluding diaryl/α,β-unsaturated/α-hetero) is 1. The van der Waals surface area contributed by atoms with Crippen LogP contribution in [0.25, 0.3) is 17.0 Å². The van der Waals surface area contributed by atoms with Crippen molar-refractivity contribution >= 4 is 28.8 Å². The molecule has 0 saturated carbocycles. The summed E-state index contributed by atoms with van der Waals surface area (Å²) in [6.07, 6.45) is 8.45. The summed E-state index contributed by atoms with van der Waals surface area (Å²) >= 11 is 0. The summed E-state index contributed by atoms with van der Waals surface area (Å²) < 4.78 is 22.8. The Kier molecular flexibility index (Phi) is 8.26. The number of methoxy groups -OCH3 is 1. The molecule has 2 heterocycles. The van der Waals surface area contributed by atoms with Crippen LogP contribution in [0.2, 0.25) is 0 Å². The first-order chi connectivity index (χ1) is 15.3. The summed E-state index contributed by atoms with van der Waals surface area (Å²) in [6.45, 7) is 5.88. The van der Waals surface area contributed by atoms with Gasteiger partial charge in [-0.3, -0.25) is 9.59 Å². The predicted octanol–water partition coefficient (Wildman–Crippen LogP) is 6.07. The third-order valence-electron chi connectivity index (χ3n) is 5.67. The largest absolute Gasteiger partial charge is 0.469 e. The highest BCUT2D eigenvalue weighted by Gasteiger charge is 2.39. The van der Waals surface area contributed by atoms with E-state index in [1.807, 2.05) is 50.3 Å². The maximum Gasteiger partial charge on any atom is 0.305 e. The fourth-order valence-corrected chi connectivity index (χ4v) is 4.08. The van der Waals surface area contributed by atoms with E-state index in [0.29, 0.717) is 37.0 Å². The first kappa shape index (κ1) is 24.2. The van der Waals surface area contributed by atoms with Crippen LogP contribution >= 0.6 is 0 Å². The van der Waals surface area contributed by atoms with Gasteiger partial charge < -0.3 is 18.6 Å². The van der Waals surface area contributed by atoms with Crippen LogP contribution in [-0.4, -0.2) is 36.9 Å². The molecule has 174 valence electrons. The number of unbranched alkanes of at least 4 members (excludes halogenated alkanes) is 2. The molecule has 1 aliphatic rings. The Morgan fingerprint density at radius 2 is 1.88 bits per heavy atom. The zero-order valence-electron chi connectivity index (χ0n) is 19.5. The molecule has 6 nitrogen and oxygen atoms in total. The standard InChI is InChI=1S/C26H34O6/c1-5-6-7-12-20(27)25-19(18-11-8-9-13-21(18)30-25)16-17-23-22(31-26(2,3)32-23)14-10-15-24(28)29-4/h8-9,11,13,16-17,22-23H,5-7,10,12,14-15H2,1-4H3/b17-16+. The van der Waals surface area contributed by atoms with Gasteiger partial charge >= 0.3 is 5.97 Å². The molecule has 0 radical (unpaired) electrons. The molecule has 0 spiro atoms. The van der Waals surface area contributed by atoms with Crippen molar-refractivity contribution in [1.82, 2.24) is 0 Å². The maximum absolute atomic E-state index is 12.9. The fraction of sp³-hybridized carbons (Fsp3) is 0.538. The lowest BCUT2D eigenvalue weighted by molar-refractivity contribution is -0.144. The Balaban J connectivity index is 1.81. The van der Waals surface area contributed by atoms with Crippen molar-refractivity contribution in [3.8, 4) is 0 Å². The van der Waals surface area contributed by atoms with Gasteiger partial charge in [-0.05, 0) is 39.2 Å². The minimum absolute atomic E-state index is 0.0212. The van der Waals surface area contributed by atoms with Gasteiger partial charge in [0.1, 0.15) is 11.7 Å². The molecule has 1 aliphatic heterocycles. The minimum atomic E-state index is -0.720. The molecule has 3 rings (SSSR count). The average Bonchev–Trinajstić information content (AvgIpc) is 3.28. The van der Waals surface area contributed by atoms with E-state index in [1.165, 1.54) is 7.11 Å². The minimum Gasteiger partial charge on any atom is -0.469 e.